The van der Waals surface area contributed by atoms with Crippen molar-refractivity contribution >= 4 is 11.3 Å². The number of rotatable bonds is 6. The number of nitrogens with zero attached hydrogens (tertiary/aromatic N) is 1. The van der Waals surface area contributed by atoms with Crippen LogP contribution in [0, 0.1) is 0 Å². The molecule has 0 aliphatic heterocycles. The van der Waals surface area contributed by atoms with Crippen LogP contribution < -0.4 is 5.32 Å². The first-order chi connectivity index (χ1) is 8.40. The van der Waals surface area contributed by atoms with Gasteiger partial charge in [0.2, 0.25) is 0 Å². The van der Waals surface area contributed by atoms with Gasteiger partial charge in [-0.2, -0.15) is 0 Å². The maximum Gasteiger partial charge on any atom is 0.0794 e. The van der Waals surface area contributed by atoms with E-state index in [9.17, 15) is 0 Å². The van der Waals surface area contributed by atoms with Crippen LogP contribution in [0.4, 0.5) is 0 Å². The average molecular weight is 246 g/mol. The second-order valence-electron chi connectivity index (χ2n) is 4.09. The number of thiazole rings is 1. The summed E-state index contributed by atoms with van der Waals surface area (Å²) in [6.07, 6.45) is 3.05. The van der Waals surface area contributed by atoms with Gasteiger partial charge in [0, 0.05) is 23.5 Å². The second kappa shape index (κ2) is 6.52. The first-order valence-electron chi connectivity index (χ1n) is 6.03. The number of hydrogen-bond donors (Lipinski definition) is 1. The fourth-order valence-electron chi connectivity index (χ4n) is 1.94. The summed E-state index contributed by atoms with van der Waals surface area (Å²) in [5.41, 5.74) is 3.31. The van der Waals surface area contributed by atoms with Crippen molar-refractivity contribution in [1.82, 2.24) is 10.3 Å². The van der Waals surface area contributed by atoms with Gasteiger partial charge >= 0.3 is 0 Å². The lowest BCUT2D eigenvalue weighted by molar-refractivity contribution is 0.598. The van der Waals surface area contributed by atoms with E-state index >= 15 is 0 Å². The van der Waals surface area contributed by atoms with Crippen molar-refractivity contribution in [2.45, 2.75) is 19.3 Å². The van der Waals surface area contributed by atoms with E-state index in [4.69, 9.17) is 0 Å². The van der Waals surface area contributed by atoms with Crippen LogP contribution in [0.3, 0.4) is 0 Å². The highest BCUT2D eigenvalue weighted by Crippen LogP contribution is 2.21. The lowest BCUT2D eigenvalue weighted by Crippen LogP contribution is -2.22. The molecule has 2 aromatic rings. The number of nitrogens with one attached hydrogen (secondary N) is 1. The Kier molecular flexibility index (Phi) is 4.71. The number of benzene rings is 1. The third-order valence-corrected chi connectivity index (χ3v) is 3.64. The Morgan fingerprint density at radius 3 is 2.76 bits per heavy atom. The summed E-state index contributed by atoms with van der Waals surface area (Å²) in [5, 5.41) is 3.44. The van der Waals surface area contributed by atoms with E-state index in [0.29, 0.717) is 5.92 Å². The summed E-state index contributed by atoms with van der Waals surface area (Å²) >= 11 is 1.74. The van der Waals surface area contributed by atoms with E-state index in [2.05, 4.69) is 47.6 Å². The Labute approximate surface area is 107 Å². The summed E-state index contributed by atoms with van der Waals surface area (Å²) in [6, 6.07) is 10.7. The molecule has 1 aromatic carbocycles. The topological polar surface area (TPSA) is 24.9 Å². The molecule has 3 heteroatoms. The second-order valence-corrected chi connectivity index (χ2v) is 5.06. The maximum atomic E-state index is 4.15. The Hall–Kier alpha value is -1.19. The van der Waals surface area contributed by atoms with Crippen molar-refractivity contribution in [3.8, 4) is 0 Å². The standard InChI is InChI=1S/C14H18N2S/c1-2-15-9-13(8-14-10-16-11-17-14)12-6-4-3-5-7-12/h3-7,10-11,13,15H,2,8-9H2,1H3. The summed E-state index contributed by atoms with van der Waals surface area (Å²) in [7, 11) is 0. The van der Waals surface area contributed by atoms with Gasteiger partial charge in [-0.25, -0.2) is 0 Å². The van der Waals surface area contributed by atoms with Crippen LogP contribution in [-0.4, -0.2) is 18.1 Å². The molecule has 2 nitrogen and oxygen atoms in total. The van der Waals surface area contributed by atoms with Gasteiger partial charge in [-0.1, -0.05) is 37.3 Å². The Morgan fingerprint density at radius 1 is 1.29 bits per heavy atom. The van der Waals surface area contributed by atoms with Gasteiger partial charge in [-0.3, -0.25) is 4.98 Å². The van der Waals surface area contributed by atoms with Crippen molar-refractivity contribution in [1.29, 1.82) is 0 Å². The van der Waals surface area contributed by atoms with Crippen molar-refractivity contribution in [3.05, 3.63) is 52.5 Å². The molecule has 0 fully saturated rings. The van der Waals surface area contributed by atoms with Crippen molar-refractivity contribution < 1.29 is 0 Å². The highest BCUT2D eigenvalue weighted by molar-refractivity contribution is 7.09. The number of hydrogen-bond acceptors (Lipinski definition) is 3. The van der Waals surface area contributed by atoms with Gasteiger partial charge in [0.15, 0.2) is 0 Å². The lowest BCUT2D eigenvalue weighted by Gasteiger charge is -2.16. The van der Waals surface area contributed by atoms with Gasteiger partial charge < -0.3 is 5.32 Å². The molecule has 0 spiro atoms. The third kappa shape index (κ3) is 3.65. The summed E-state index contributed by atoms with van der Waals surface area (Å²) < 4.78 is 0. The van der Waals surface area contributed by atoms with Gasteiger partial charge in [0.25, 0.3) is 0 Å². The van der Waals surface area contributed by atoms with Crippen molar-refractivity contribution in [2.75, 3.05) is 13.1 Å². The Morgan fingerprint density at radius 2 is 2.12 bits per heavy atom. The number of aromatic nitrogens is 1. The van der Waals surface area contributed by atoms with E-state index in [1.165, 1.54) is 10.4 Å². The highest BCUT2D eigenvalue weighted by Gasteiger charge is 2.12. The molecule has 0 radical (unpaired) electrons. The van der Waals surface area contributed by atoms with Gasteiger partial charge in [0.1, 0.15) is 0 Å². The molecule has 2 rings (SSSR count). The Balaban J connectivity index is 2.08. The molecule has 17 heavy (non-hydrogen) atoms. The van der Waals surface area contributed by atoms with Crippen molar-refractivity contribution in [2.24, 2.45) is 0 Å². The molecule has 0 saturated carbocycles. The van der Waals surface area contributed by atoms with E-state index in [1.54, 1.807) is 11.3 Å². The van der Waals surface area contributed by atoms with Gasteiger partial charge in [-0.05, 0) is 18.5 Å². The van der Waals surface area contributed by atoms with Crippen LogP contribution in [0.2, 0.25) is 0 Å². The highest BCUT2D eigenvalue weighted by atomic mass is 32.1. The molecular formula is C14H18N2S. The zero-order chi connectivity index (χ0) is 11.9. The molecule has 1 aromatic heterocycles. The monoisotopic (exact) mass is 246 g/mol. The van der Waals surface area contributed by atoms with Crippen LogP contribution in [0.25, 0.3) is 0 Å². The molecule has 0 bridgehead atoms. The van der Waals surface area contributed by atoms with Crippen LogP contribution in [0.5, 0.6) is 0 Å². The normalized spacial score (nSPS) is 12.5. The SMILES string of the molecule is CCNCC(Cc1cncs1)c1ccccc1. The summed E-state index contributed by atoms with van der Waals surface area (Å²) in [6.45, 7) is 4.19. The van der Waals surface area contributed by atoms with E-state index in [1.807, 2.05) is 11.7 Å². The quantitative estimate of drug-likeness (QED) is 0.847. The summed E-state index contributed by atoms with van der Waals surface area (Å²) in [5.74, 6) is 0.539. The lowest BCUT2D eigenvalue weighted by atomic mass is 9.95. The van der Waals surface area contributed by atoms with Gasteiger partial charge in [0.05, 0.1) is 5.51 Å². The fraction of sp³-hybridized carbons (Fsp3) is 0.357. The zero-order valence-corrected chi connectivity index (χ0v) is 10.9. The molecule has 1 N–H and O–H groups in total. The van der Waals surface area contributed by atoms with Crippen LogP contribution in [0.1, 0.15) is 23.3 Å². The van der Waals surface area contributed by atoms with E-state index in [0.717, 1.165) is 19.5 Å². The molecule has 0 saturated heterocycles. The predicted molar refractivity (Wildman–Crippen MR) is 73.5 cm³/mol. The minimum Gasteiger partial charge on any atom is -0.316 e. The third-order valence-electron chi connectivity index (χ3n) is 2.84. The molecule has 0 aliphatic rings. The molecule has 90 valence electrons. The first kappa shape index (κ1) is 12.3. The molecular weight excluding hydrogens is 228 g/mol. The smallest absolute Gasteiger partial charge is 0.0794 e. The minimum absolute atomic E-state index is 0.539. The van der Waals surface area contributed by atoms with Crippen LogP contribution in [-0.2, 0) is 6.42 Å². The summed E-state index contributed by atoms with van der Waals surface area (Å²) in [4.78, 5) is 5.51. The van der Waals surface area contributed by atoms with E-state index < -0.39 is 0 Å². The van der Waals surface area contributed by atoms with Crippen molar-refractivity contribution in [3.63, 3.8) is 0 Å². The Bertz CT molecular complexity index is 411. The van der Waals surface area contributed by atoms with Crippen LogP contribution >= 0.6 is 11.3 Å². The molecule has 1 heterocycles. The largest absolute Gasteiger partial charge is 0.316 e. The average Bonchev–Trinajstić information content (AvgIpc) is 2.88. The molecule has 0 amide bonds. The molecule has 0 aliphatic carbocycles. The van der Waals surface area contributed by atoms with Crippen LogP contribution in [0.15, 0.2) is 42.0 Å². The van der Waals surface area contributed by atoms with Gasteiger partial charge in [-0.15, -0.1) is 11.3 Å². The molecule has 1 atom stereocenters. The van der Waals surface area contributed by atoms with E-state index in [-0.39, 0.29) is 0 Å². The zero-order valence-electron chi connectivity index (χ0n) is 10.1. The fourth-order valence-corrected chi connectivity index (χ4v) is 2.61. The maximum absolute atomic E-state index is 4.15. The first-order valence-corrected chi connectivity index (χ1v) is 6.91. The minimum atomic E-state index is 0.539. The predicted octanol–water partition coefficient (Wildman–Crippen LogP) is 3.08. The molecule has 1 unspecified atom stereocenters. The number of likely N-dealkylation sites (N-methyl/N-ethyl adjacent to an activating group) is 1.